The molecule has 1 amide bonds. The van der Waals surface area contributed by atoms with E-state index in [1.165, 1.54) is 56.6 Å². The van der Waals surface area contributed by atoms with Gasteiger partial charge in [-0.2, -0.15) is 17.2 Å². The second-order valence-corrected chi connectivity index (χ2v) is 10.9. The molecule has 0 fully saturated rings. The van der Waals surface area contributed by atoms with Crippen molar-refractivity contribution < 1.29 is 39.9 Å². The predicted molar refractivity (Wildman–Crippen MR) is 132 cm³/mol. The van der Waals surface area contributed by atoms with Gasteiger partial charge in [0.25, 0.3) is 5.91 Å². The molecule has 2 N–H and O–H groups in total. The highest BCUT2D eigenvalue weighted by Crippen LogP contribution is 2.48. The number of aromatic nitrogens is 4. The monoisotopic (exact) mass is 575 g/mol. The molecule has 0 unspecified atom stereocenters. The summed E-state index contributed by atoms with van der Waals surface area (Å²) in [4.78, 5) is 25.6. The average molecular weight is 576 g/mol. The molecule has 0 aliphatic carbocycles. The molecule has 2 aliphatic heterocycles. The van der Waals surface area contributed by atoms with Crippen molar-refractivity contribution in [2.24, 2.45) is 0 Å². The number of imidazole rings is 1. The number of rotatable bonds is 6. The summed E-state index contributed by atoms with van der Waals surface area (Å²) >= 11 is 0. The highest BCUT2D eigenvalue weighted by molar-refractivity contribution is 7.80. The molecule has 2 bridgehead atoms. The van der Waals surface area contributed by atoms with E-state index in [1.54, 1.807) is 4.57 Å². The maximum Gasteiger partial charge on any atom is 0.398 e. The molecule has 208 valence electrons. The topological polar surface area (TPSA) is 146 Å². The standard InChI is InChI=1S/C25H20F3N5O6S/c1-25(2,39-40(35,36)37)23-29-9-11(10-30-23)13-6-17-15(7-14(13)26)31-21-16-8-18(33(17)21)20-12(22(34)32-16)4-3-5-19(20)38-24(27)28/h3-7,9-10,16,18,24H,8H2,1-2H3,(H,32,34)(H,35,36,37)/t16-,18+/m1/s1. The third-order valence-electron chi connectivity index (χ3n) is 6.87. The Morgan fingerprint density at radius 3 is 2.58 bits per heavy atom. The van der Waals surface area contributed by atoms with Crippen molar-refractivity contribution in [1.29, 1.82) is 0 Å². The summed E-state index contributed by atoms with van der Waals surface area (Å²) in [5.74, 6) is -0.875. The summed E-state index contributed by atoms with van der Waals surface area (Å²) in [6, 6.07) is 5.94. The van der Waals surface area contributed by atoms with Crippen molar-refractivity contribution in [3.05, 3.63) is 71.3 Å². The van der Waals surface area contributed by atoms with E-state index in [9.17, 15) is 22.0 Å². The van der Waals surface area contributed by atoms with Gasteiger partial charge in [0.15, 0.2) is 5.82 Å². The summed E-state index contributed by atoms with van der Waals surface area (Å²) in [7, 11) is -4.79. The lowest BCUT2D eigenvalue weighted by atomic mass is 9.97. The van der Waals surface area contributed by atoms with Gasteiger partial charge in [0.05, 0.1) is 23.1 Å². The fourth-order valence-corrected chi connectivity index (χ4v) is 5.93. The molecule has 11 nitrogen and oxygen atoms in total. The number of fused-ring (bicyclic) bond motifs is 9. The van der Waals surface area contributed by atoms with Crippen LogP contribution in [0.25, 0.3) is 22.2 Å². The van der Waals surface area contributed by atoms with E-state index in [-0.39, 0.29) is 39.3 Å². The van der Waals surface area contributed by atoms with Gasteiger partial charge < -0.3 is 14.6 Å². The summed E-state index contributed by atoms with van der Waals surface area (Å²) in [6.07, 6.45) is 2.88. The van der Waals surface area contributed by atoms with Crippen LogP contribution < -0.4 is 10.1 Å². The number of alkyl halides is 2. The molecule has 2 atom stereocenters. The van der Waals surface area contributed by atoms with Crippen LogP contribution >= 0.6 is 0 Å². The van der Waals surface area contributed by atoms with E-state index >= 15 is 4.39 Å². The van der Waals surface area contributed by atoms with Crippen LogP contribution in [0.15, 0.2) is 42.7 Å². The number of amides is 1. The predicted octanol–water partition coefficient (Wildman–Crippen LogP) is 4.07. The zero-order valence-corrected chi connectivity index (χ0v) is 21.6. The van der Waals surface area contributed by atoms with E-state index in [2.05, 4.69) is 24.5 Å². The van der Waals surface area contributed by atoms with Crippen LogP contribution in [-0.4, -0.2) is 45.0 Å². The molecule has 40 heavy (non-hydrogen) atoms. The fraction of sp³-hybridized carbons (Fsp3) is 0.280. The van der Waals surface area contributed by atoms with Gasteiger partial charge in [-0.1, -0.05) is 6.07 Å². The zero-order chi connectivity index (χ0) is 28.6. The van der Waals surface area contributed by atoms with Gasteiger partial charge in [-0.3, -0.25) is 9.35 Å². The van der Waals surface area contributed by atoms with Crippen molar-refractivity contribution in [1.82, 2.24) is 24.8 Å². The Balaban J connectivity index is 1.46. The van der Waals surface area contributed by atoms with Crippen LogP contribution in [0.3, 0.4) is 0 Å². The third kappa shape index (κ3) is 4.35. The van der Waals surface area contributed by atoms with Crippen molar-refractivity contribution in [2.45, 2.75) is 44.6 Å². The highest BCUT2D eigenvalue weighted by Gasteiger charge is 2.42. The number of carbonyl (C=O) groups is 1. The van der Waals surface area contributed by atoms with Gasteiger partial charge in [0.2, 0.25) is 0 Å². The van der Waals surface area contributed by atoms with Gasteiger partial charge in [0.1, 0.15) is 23.0 Å². The number of hydrogen-bond acceptors (Lipinski definition) is 8. The molecule has 2 aliphatic rings. The molecule has 15 heteroatoms. The van der Waals surface area contributed by atoms with Crippen LogP contribution in [0.4, 0.5) is 13.2 Å². The van der Waals surface area contributed by atoms with Gasteiger partial charge in [-0.25, -0.2) is 23.5 Å². The van der Waals surface area contributed by atoms with Crippen molar-refractivity contribution in [2.75, 3.05) is 0 Å². The number of nitrogens with zero attached hydrogens (tertiary/aromatic N) is 4. The molecule has 0 spiro atoms. The lowest BCUT2D eigenvalue weighted by Gasteiger charge is -2.21. The lowest BCUT2D eigenvalue weighted by molar-refractivity contribution is -0.0507. The van der Waals surface area contributed by atoms with E-state index in [0.717, 1.165) is 0 Å². The second kappa shape index (κ2) is 8.97. The highest BCUT2D eigenvalue weighted by atomic mass is 32.3. The second-order valence-electron chi connectivity index (χ2n) is 9.85. The first-order chi connectivity index (χ1) is 18.8. The fourth-order valence-electron chi connectivity index (χ4n) is 5.33. The average Bonchev–Trinajstić information content (AvgIpc) is 3.33. The third-order valence-corrected chi connectivity index (χ3v) is 7.50. The largest absolute Gasteiger partial charge is 0.434 e. The summed E-state index contributed by atoms with van der Waals surface area (Å²) < 4.78 is 84.3. The number of halogens is 3. The molecule has 2 aromatic carbocycles. The van der Waals surface area contributed by atoms with E-state index in [1.807, 2.05) is 0 Å². The van der Waals surface area contributed by atoms with Crippen molar-refractivity contribution >= 4 is 27.3 Å². The molecule has 4 aromatic rings. The first-order valence-electron chi connectivity index (χ1n) is 11.9. The number of nitrogens with one attached hydrogen (secondary N) is 1. The molecular formula is C25H20F3N5O6S. The Hall–Kier alpha value is -4.08. The molecule has 0 saturated carbocycles. The molecule has 0 saturated heterocycles. The molecule has 2 aromatic heterocycles. The van der Waals surface area contributed by atoms with Crippen molar-refractivity contribution in [3.8, 4) is 16.9 Å². The minimum atomic E-state index is -4.79. The van der Waals surface area contributed by atoms with Crippen LogP contribution in [-0.2, 0) is 20.2 Å². The zero-order valence-electron chi connectivity index (χ0n) is 20.8. The minimum absolute atomic E-state index is 0.0791. The SMILES string of the molecule is CC(C)(OS(=O)(=O)O)c1ncc(-c2cc3c(cc2F)nc2n3[C@H]3C[C@H]2NC(=O)c2cccc(OC(F)F)c23)cn1. The maximum absolute atomic E-state index is 15.3. The Morgan fingerprint density at radius 2 is 1.90 bits per heavy atom. The Morgan fingerprint density at radius 1 is 1.18 bits per heavy atom. The van der Waals surface area contributed by atoms with Crippen LogP contribution in [0.5, 0.6) is 5.75 Å². The Labute approximate surface area is 224 Å². The van der Waals surface area contributed by atoms with Crippen LogP contribution in [0.2, 0.25) is 0 Å². The van der Waals surface area contributed by atoms with Gasteiger partial charge in [0, 0.05) is 40.7 Å². The first kappa shape index (κ1) is 26.2. The number of hydrogen-bond donors (Lipinski definition) is 2. The lowest BCUT2D eigenvalue weighted by Crippen LogP contribution is -2.28. The summed E-state index contributed by atoms with van der Waals surface area (Å²) in [5, 5.41) is 2.87. The Kier molecular flexibility index (Phi) is 5.87. The smallest absolute Gasteiger partial charge is 0.398 e. The quantitative estimate of drug-likeness (QED) is 0.325. The number of ether oxygens (including phenoxy) is 1. The molecule has 4 heterocycles. The molecule has 0 radical (unpaired) electrons. The van der Waals surface area contributed by atoms with Gasteiger partial charge >= 0.3 is 17.0 Å². The Bertz CT molecular complexity index is 1790. The maximum atomic E-state index is 15.3. The molecule has 6 rings (SSSR count). The number of benzene rings is 2. The van der Waals surface area contributed by atoms with Gasteiger partial charge in [-0.05, 0) is 38.5 Å². The number of carbonyl (C=O) groups excluding carboxylic acids is 1. The van der Waals surface area contributed by atoms with E-state index < -0.39 is 46.4 Å². The van der Waals surface area contributed by atoms with Crippen LogP contribution in [0.1, 0.15) is 59.9 Å². The van der Waals surface area contributed by atoms with Crippen molar-refractivity contribution in [3.63, 3.8) is 0 Å². The first-order valence-corrected chi connectivity index (χ1v) is 13.3. The summed E-state index contributed by atoms with van der Waals surface area (Å²) in [6.45, 7) is -0.437. The van der Waals surface area contributed by atoms with Gasteiger partial charge in [-0.15, -0.1) is 0 Å². The van der Waals surface area contributed by atoms with E-state index in [0.29, 0.717) is 17.8 Å². The summed E-state index contributed by atoms with van der Waals surface area (Å²) in [5.41, 5.74) is -0.0270. The normalized spacial score (nSPS) is 18.4. The van der Waals surface area contributed by atoms with E-state index in [4.69, 9.17) is 9.29 Å². The molecular weight excluding hydrogens is 555 g/mol. The minimum Gasteiger partial charge on any atom is -0.434 e. The van der Waals surface area contributed by atoms with Crippen LogP contribution in [0, 0.1) is 5.82 Å².